The number of fused-ring (bicyclic) bond motifs is 1. The second-order valence-corrected chi connectivity index (χ2v) is 13.9. The Balaban J connectivity index is 0.879. The Morgan fingerprint density at radius 2 is 1.95 bits per heavy atom. The van der Waals surface area contributed by atoms with Gasteiger partial charge in [-0.1, -0.05) is 5.21 Å². The first-order valence-corrected chi connectivity index (χ1v) is 16.3. The number of nitrogens with zero attached hydrogens (tertiary/aromatic N) is 4. The van der Waals surface area contributed by atoms with Gasteiger partial charge in [-0.3, -0.25) is 4.79 Å². The van der Waals surface area contributed by atoms with Crippen molar-refractivity contribution in [3.63, 3.8) is 0 Å². The van der Waals surface area contributed by atoms with Gasteiger partial charge < -0.3 is 50.5 Å². The lowest BCUT2D eigenvalue weighted by Crippen LogP contribution is -2.86. The van der Waals surface area contributed by atoms with Crippen LogP contribution in [0, 0.1) is 17.3 Å². The van der Waals surface area contributed by atoms with Crippen LogP contribution in [0.1, 0.15) is 57.6 Å². The molecule has 1 amide bonds. The zero-order chi connectivity index (χ0) is 31.1. The van der Waals surface area contributed by atoms with Crippen LogP contribution in [0.25, 0.3) is 0 Å². The normalized spacial score (nSPS) is 36.0. The number of carbonyl (C=O) groups excluding carboxylic acids is 1. The maximum absolute atomic E-state index is 12.9. The molecule has 44 heavy (non-hydrogen) atoms. The smallest absolute Gasteiger partial charge is 0.236 e. The van der Waals surface area contributed by atoms with Crippen molar-refractivity contribution in [2.75, 3.05) is 46.1 Å². The van der Waals surface area contributed by atoms with E-state index in [1.54, 1.807) is 10.9 Å². The Hall–Kier alpha value is -1.75. The first-order chi connectivity index (χ1) is 21.1. The second kappa shape index (κ2) is 12.8. The monoisotopic (exact) mass is 622 g/mol. The van der Waals surface area contributed by atoms with E-state index in [9.17, 15) is 25.2 Å². The average molecular weight is 623 g/mol. The van der Waals surface area contributed by atoms with Gasteiger partial charge in [0.1, 0.15) is 18.3 Å². The van der Waals surface area contributed by atoms with Gasteiger partial charge in [-0.25, -0.2) is 4.68 Å². The van der Waals surface area contributed by atoms with E-state index < -0.39 is 31.0 Å². The van der Waals surface area contributed by atoms with Crippen LogP contribution in [-0.4, -0.2) is 139 Å². The predicted octanol–water partition coefficient (Wildman–Crippen LogP) is -1.86. The minimum Gasteiger partial charge on any atom is -0.394 e. The first-order valence-electron chi connectivity index (χ1n) is 16.3. The largest absolute Gasteiger partial charge is 0.394 e. The zero-order valence-corrected chi connectivity index (χ0v) is 25.7. The van der Waals surface area contributed by atoms with Gasteiger partial charge in [0, 0.05) is 42.8 Å². The van der Waals surface area contributed by atoms with Gasteiger partial charge in [0.25, 0.3) is 0 Å². The maximum Gasteiger partial charge on any atom is 0.236 e. The standard InChI is InChI=1S/C30H50N6O8/c1-19-3-2-4-36(19)25(40)15-32-28-10-20-9-21-12-29(18-28,30(21,28)11-20)44-8-7-43-6-5-35-16-22(33-34-35)13-31-14-23(38)26(41)27(42)24(39)17-37/h16,19-21,23-24,26-27,31-32,37-39,41-42H,2-15,17-18H2,1H3/t19-,20?,21-,23+,24?,26-,27-,28?,29?,30?/m1/s1. The van der Waals surface area contributed by atoms with E-state index >= 15 is 0 Å². The molecule has 7 N–H and O–H groups in total. The van der Waals surface area contributed by atoms with Crippen molar-refractivity contribution in [1.82, 2.24) is 30.5 Å². The summed E-state index contributed by atoms with van der Waals surface area (Å²) in [4.78, 5) is 15.0. The maximum atomic E-state index is 12.9. The minimum absolute atomic E-state index is 0.0519. The molecule has 5 aliphatic rings. The molecular weight excluding hydrogens is 572 g/mol. The molecule has 5 fully saturated rings. The SMILES string of the molecule is C[C@@H]1CCCN1C(=O)CNC12CC3C[C@@H]4CC(OCCOCCn5cc(CNC[C@H](O)[C@@H](O)[C@H](O)C(O)CO)nn5)(C1)C42C3. The molecule has 2 bridgehead atoms. The van der Waals surface area contributed by atoms with Gasteiger partial charge in [0.15, 0.2) is 0 Å². The van der Waals surface area contributed by atoms with Gasteiger partial charge in [-0.15, -0.1) is 5.10 Å². The summed E-state index contributed by atoms with van der Waals surface area (Å²) in [7, 11) is 0. The highest BCUT2D eigenvalue weighted by Crippen LogP contribution is 2.85. The Morgan fingerprint density at radius 1 is 1.14 bits per heavy atom. The molecule has 1 aliphatic heterocycles. The zero-order valence-electron chi connectivity index (χ0n) is 25.7. The molecule has 1 aromatic heterocycles. The number of likely N-dealkylation sites (tertiary alicyclic amines) is 1. The summed E-state index contributed by atoms with van der Waals surface area (Å²) < 4.78 is 14.1. The van der Waals surface area contributed by atoms with Gasteiger partial charge >= 0.3 is 0 Å². The summed E-state index contributed by atoms with van der Waals surface area (Å²) in [6.45, 7) is 5.02. The van der Waals surface area contributed by atoms with Crippen molar-refractivity contribution in [2.45, 2.75) is 107 Å². The number of hydrogen-bond donors (Lipinski definition) is 7. The van der Waals surface area contributed by atoms with Crippen LogP contribution in [-0.2, 0) is 27.4 Å². The van der Waals surface area contributed by atoms with Crippen molar-refractivity contribution in [3.8, 4) is 0 Å². The predicted molar refractivity (Wildman–Crippen MR) is 156 cm³/mol. The highest BCUT2D eigenvalue weighted by molar-refractivity contribution is 5.79. The first kappa shape index (κ1) is 32.2. The van der Waals surface area contributed by atoms with Crippen LogP contribution in [0.4, 0.5) is 0 Å². The Labute approximate surface area is 258 Å². The quantitative estimate of drug-likeness (QED) is 0.0904. The molecule has 4 aliphatic carbocycles. The highest BCUT2D eigenvalue weighted by atomic mass is 16.5. The van der Waals surface area contributed by atoms with E-state index in [1.807, 2.05) is 4.90 Å². The number of aliphatic hydroxyl groups is 5. The van der Waals surface area contributed by atoms with Crippen molar-refractivity contribution in [1.29, 1.82) is 0 Å². The number of carbonyl (C=O) groups is 1. The third-order valence-electron chi connectivity index (χ3n) is 11.5. The Kier molecular flexibility index (Phi) is 9.37. The number of ether oxygens (including phenoxy) is 2. The summed E-state index contributed by atoms with van der Waals surface area (Å²) in [6, 6.07) is 0.354. The fraction of sp³-hybridized carbons (Fsp3) is 0.900. The molecule has 14 heteroatoms. The van der Waals surface area contributed by atoms with Crippen LogP contribution >= 0.6 is 0 Å². The molecule has 14 nitrogen and oxygen atoms in total. The van der Waals surface area contributed by atoms with Gasteiger partial charge in [0.05, 0.1) is 56.9 Å². The number of aromatic nitrogens is 3. The third-order valence-corrected chi connectivity index (χ3v) is 11.5. The molecule has 10 atom stereocenters. The molecule has 1 saturated heterocycles. The van der Waals surface area contributed by atoms with Gasteiger partial charge in [-0.2, -0.15) is 0 Å². The van der Waals surface area contributed by atoms with E-state index in [0.717, 1.165) is 38.1 Å². The molecule has 6 rings (SSSR count). The van der Waals surface area contributed by atoms with Crippen molar-refractivity contribution < 1.29 is 39.8 Å². The van der Waals surface area contributed by atoms with E-state index in [1.165, 1.54) is 19.3 Å². The minimum atomic E-state index is -1.66. The van der Waals surface area contributed by atoms with Crippen LogP contribution < -0.4 is 10.6 Å². The Morgan fingerprint density at radius 3 is 2.70 bits per heavy atom. The molecule has 4 saturated carbocycles. The molecule has 5 unspecified atom stereocenters. The summed E-state index contributed by atoms with van der Waals surface area (Å²) in [5.74, 6) is 1.70. The number of rotatable bonds is 18. The van der Waals surface area contributed by atoms with E-state index in [4.69, 9.17) is 14.6 Å². The number of hydrogen-bond acceptors (Lipinski definition) is 12. The van der Waals surface area contributed by atoms with Crippen molar-refractivity contribution >= 4 is 5.91 Å². The molecule has 0 aromatic carbocycles. The molecule has 2 heterocycles. The highest BCUT2D eigenvalue weighted by Gasteiger charge is 2.88. The van der Waals surface area contributed by atoms with Gasteiger partial charge in [0.2, 0.25) is 5.91 Å². The Bertz CT molecular complexity index is 1160. The van der Waals surface area contributed by atoms with Crippen molar-refractivity contribution in [2.24, 2.45) is 17.3 Å². The van der Waals surface area contributed by atoms with E-state index in [-0.39, 0.29) is 35.6 Å². The fourth-order valence-corrected chi connectivity index (χ4v) is 9.56. The summed E-state index contributed by atoms with van der Waals surface area (Å²) in [6.07, 6.45) is 3.65. The molecule has 248 valence electrons. The van der Waals surface area contributed by atoms with Gasteiger partial charge in [-0.05, 0) is 63.7 Å². The molecule has 0 radical (unpaired) electrons. The topological polar surface area (TPSA) is 195 Å². The summed E-state index contributed by atoms with van der Waals surface area (Å²) in [5, 5.41) is 62.8. The molecular formula is C30H50N6O8. The number of amides is 1. The van der Waals surface area contributed by atoms with E-state index in [2.05, 4.69) is 27.9 Å². The van der Waals surface area contributed by atoms with Crippen LogP contribution in [0.3, 0.4) is 0 Å². The summed E-state index contributed by atoms with van der Waals surface area (Å²) >= 11 is 0. The number of aliphatic hydroxyl groups excluding tert-OH is 5. The van der Waals surface area contributed by atoms with E-state index in [0.29, 0.717) is 50.6 Å². The lowest BCUT2D eigenvalue weighted by Gasteiger charge is -2.78. The van der Waals surface area contributed by atoms with Crippen LogP contribution in [0.2, 0.25) is 0 Å². The number of nitrogens with one attached hydrogen (secondary N) is 2. The fourth-order valence-electron chi connectivity index (χ4n) is 9.56. The molecule has 1 aromatic rings. The van der Waals surface area contributed by atoms with Crippen LogP contribution in [0.15, 0.2) is 6.20 Å². The lowest BCUT2D eigenvalue weighted by atomic mass is 9.32. The summed E-state index contributed by atoms with van der Waals surface area (Å²) in [5.41, 5.74) is 0.798. The third kappa shape index (κ3) is 5.49. The second-order valence-electron chi connectivity index (χ2n) is 13.9. The molecule has 1 spiro atoms. The lowest BCUT2D eigenvalue weighted by molar-refractivity contribution is -0.343. The van der Waals surface area contributed by atoms with Crippen molar-refractivity contribution in [3.05, 3.63) is 11.9 Å². The average Bonchev–Trinajstić information content (AvgIpc) is 3.78. The van der Waals surface area contributed by atoms with Crippen LogP contribution in [0.5, 0.6) is 0 Å².